The predicted molar refractivity (Wildman–Crippen MR) is 83.6 cm³/mol. The number of H-pyrrole nitrogens is 1. The molecule has 0 amide bonds. The topological polar surface area (TPSA) is 113 Å². The molecule has 120 valence electrons. The zero-order chi connectivity index (χ0) is 17.0. The minimum absolute atomic E-state index is 0.197. The van der Waals surface area contributed by atoms with Crippen LogP contribution >= 0.6 is 0 Å². The van der Waals surface area contributed by atoms with E-state index in [4.69, 9.17) is 5.11 Å². The van der Waals surface area contributed by atoms with Crippen LogP contribution in [0.2, 0.25) is 0 Å². The van der Waals surface area contributed by atoms with E-state index in [-0.39, 0.29) is 18.4 Å². The van der Waals surface area contributed by atoms with Gasteiger partial charge in [0.05, 0.1) is 11.3 Å². The van der Waals surface area contributed by atoms with Crippen molar-refractivity contribution in [3.8, 4) is 0 Å². The first-order valence-corrected chi connectivity index (χ1v) is 7.05. The first-order chi connectivity index (χ1) is 10.9. The zero-order valence-corrected chi connectivity index (χ0v) is 12.5. The molecule has 2 N–H and O–H groups in total. The van der Waals surface area contributed by atoms with Crippen molar-refractivity contribution in [1.82, 2.24) is 4.98 Å². The third kappa shape index (κ3) is 3.82. The summed E-state index contributed by atoms with van der Waals surface area (Å²) in [5, 5.41) is 20.3. The highest BCUT2D eigenvalue weighted by Crippen LogP contribution is 2.23. The van der Waals surface area contributed by atoms with E-state index in [0.717, 1.165) is 5.56 Å². The number of aromatic amines is 1. The number of carboxylic acids is 1. The van der Waals surface area contributed by atoms with E-state index in [2.05, 4.69) is 4.98 Å². The fourth-order valence-corrected chi connectivity index (χ4v) is 2.58. The standard InChI is InChI=1S/C16H16N2O5/c1-10-13(9-14(19)20)12(15(18(22)23)16(21)17-10)8-7-11-5-3-2-4-6-11/h2-6H,7-9H2,1H3,(H,17,21)(H,19,20). The summed E-state index contributed by atoms with van der Waals surface area (Å²) < 4.78 is 0. The van der Waals surface area contributed by atoms with Crippen LogP contribution in [-0.4, -0.2) is 21.0 Å². The maximum absolute atomic E-state index is 11.9. The summed E-state index contributed by atoms with van der Waals surface area (Å²) in [4.78, 5) is 35.8. The van der Waals surface area contributed by atoms with Gasteiger partial charge in [-0.1, -0.05) is 30.3 Å². The van der Waals surface area contributed by atoms with Gasteiger partial charge in [0, 0.05) is 11.3 Å². The Bertz CT molecular complexity index is 796. The summed E-state index contributed by atoms with van der Waals surface area (Å²) in [5.41, 5.74) is 0.446. The Labute approximate surface area is 131 Å². The van der Waals surface area contributed by atoms with Crippen LogP contribution in [0.5, 0.6) is 0 Å². The van der Waals surface area contributed by atoms with Crippen LogP contribution in [-0.2, 0) is 24.1 Å². The first-order valence-electron chi connectivity index (χ1n) is 7.05. The molecule has 0 bridgehead atoms. The highest BCUT2D eigenvalue weighted by Gasteiger charge is 2.25. The highest BCUT2D eigenvalue weighted by atomic mass is 16.6. The van der Waals surface area contributed by atoms with Gasteiger partial charge in [-0.2, -0.15) is 0 Å². The van der Waals surface area contributed by atoms with E-state index in [1.807, 2.05) is 30.3 Å². The molecular weight excluding hydrogens is 300 g/mol. The summed E-state index contributed by atoms with van der Waals surface area (Å²) in [7, 11) is 0. The molecule has 2 aromatic rings. The lowest BCUT2D eigenvalue weighted by Gasteiger charge is -2.11. The Morgan fingerprint density at radius 2 is 1.87 bits per heavy atom. The maximum Gasteiger partial charge on any atom is 0.337 e. The lowest BCUT2D eigenvalue weighted by atomic mass is 9.96. The fraction of sp³-hybridized carbons (Fsp3) is 0.250. The normalized spacial score (nSPS) is 10.5. The molecular formula is C16H16N2O5. The minimum Gasteiger partial charge on any atom is -0.481 e. The van der Waals surface area contributed by atoms with Crippen LogP contribution in [0.25, 0.3) is 0 Å². The lowest BCUT2D eigenvalue weighted by Crippen LogP contribution is -2.20. The molecule has 0 radical (unpaired) electrons. The van der Waals surface area contributed by atoms with Crippen LogP contribution in [0.3, 0.4) is 0 Å². The smallest absolute Gasteiger partial charge is 0.337 e. The monoisotopic (exact) mass is 316 g/mol. The largest absolute Gasteiger partial charge is 0.481 e. The van der Waals surface area contributed by atoms with Crippen molar-refractivity contribution in [2.45, 2.75) is 26.2 Å². The third-order valence-electron chi connectivity index (χ3n) is 3.64. The van der Waals surface area contributed by atoms with E-state index in [1.165, 1.54) is 0 Å². The van der Waals surface area contributed by atoms with E-state index in [1.54, 1.807) is 6.92 Å². The molecule has 7 heteroatoms. The number of rotatable bonds is 6. The van der Waals surface area contributed by atoms with Crippen LogP contribution < -0.4 is 5.56 Å². The Morgan fingerprint density at radius 1 is 1.22 bits per heavy atom. The van der Waals surface area contributed by atoms with E-state index in [9.17, 15) is 19.7 Å². The van der Waals surface area contributed by atoms with Crippen LogP contribution in [0.1, 0.15) is 22.4 Å². The summed E-state index contributed by atoms with van der Waals surface area (Å²) >= 11 is 0. The summed E-state index contributed by atoms with van der Waals surface area (Å²) in [6, 6.07) is 9.32. The summed E-state index contributed by atoms with van der Waals surface area (Å²) in [6.45, 7) is 1.55. The average Bonchev–Trinajstić information content (AvgIpc) is 2.48. The zero-order valence-electron chi connectivity index (χ0n) is 12.5. The Balaban J connectivity index is 2.50. The van der Waals surface area contributed by atoms with Gasteiger partial charge in [-0.3, -0.25) is 19.7 Å². The quantitative estimate of drug-likeness (QED) is 0.625. The van der Waals surface area contributed by atoms with Gasteiger partial charge in [0.2, 0.25) is 0 Å². The first kappa shape index (κ1) is 16.4. The molecule has 7 nitrogen and oxygen atoms in total. The molecule has 0 spiro atoms. The number of nitrogens with one attached hydrogen (secondary N) is 1. The Morgan fingerprint density at radius 3 is 2.43 bits per heavy atom. The molecule has 2 rings (SSSR count). The number of aryl methyl sites for hydroxylation is 2. The minimum atomic E-state index is -1.10. The number of hydrogen-bond donors (Lipinski definition) is 2. The van der Waals surface area contributed by atoms with Gasteiger partial charge in [0.1, 0.15) is 0 Å². The second kappa shape index (κ2) is 6.87. The van der Waals surface area contributed by atoms with Crippen molar-refractivity contribution in [1.29, 1.82) is 0 Å². The molecule has 1 aromatic heterocycles. The van der Waals surface area contributed by atoms with Gasteiger partial charge in [-0.05, 0) is 30.9 Å². The summed E-state index contributed by atoms with van der Waals surface area (Å²) in [6.07, 6.45) is 0.346. The van der Waals surface area contributed by atoms with Gasteiger partial charge >= 0.3 is 17.2 Å². The predicted octanol–water partition coefficient (Wildman–Crippen LogP) is 2.00. The second-order valence-corrected chi connectivity index (χ2v) is 5.20. The van der Waals surface area contributed by atoms with Crippen molar-refractivity contribution in [2.75, 3.05) is 0 Å². The van der Waals surface area contributed by atoms with Crippen LogP contribution in [0, 0.1) is 17.0 Å². The Hall–Kier alpha value is -2.96. The van der Waals surface area contributed by atoms with Gasteiger partial charge in [0.15, 0.2) is 0 Å². The molecule has 0 aliphatic carbocycles. The lowest BCUT2D eigenvalue weighted by molar-refractivity contribution is -0.387. The molecule has 0 atom stereocenters. The van der Waals surface area contributed by atoms with E-state index >= 15 is 0 Å². The molecule has 1 heterocycles. The number of aliphatic carboxylic acids is 1. The third-order valence-corrected chi connectivity index (χ3v) is 3.64. The van der Waals surface area contributed by atoms with Gasteiger partial charge in [-0.15, -0.1) is 0 Å². The number of nitro groups is 1. The van der Waals surface area contributed by atoms with Crippen molar-refractivity contribution >= 4 is 11.7 Å². The molecule has 23 heavy (non-hydrogen) atoms. The van der Waals surface area contributed by atoms with Gasteiger partial charge in [-0.25, -0.2) is 0 Å². The van der Waals surface area contributed by atoms with Gasteiger partial charge < -0.3 is 10.1 Å². The molecule has 0 aliphatic heterocycles. The molecule has 0 unspecified atom stereocenters. The summed E-state index contributed by atoms with van der Waals surface area (Å²) in [5.74, 6) is -1.10. The maximum atomic E-state index is 11.9. The van der Waals surface area contributed by atoms with Crippen molar-refractivity contribution in [2.24, 2.45) is 0 Å². The van der Waals surface area contributed by atoms with E-state index < -0.39 is 22.1 Å². The van der Waals surface area contributed by atoms with Crippen molar-refractivity contribution in [3.05, 3.63) is 73.2 Å². The van der Waals surface area contributed by atoms with Crippen LogP contribution in [0.4, 0.5) is 5.69 Å². The molecule has 0 aliphatic rings. The molecule has 0 saturated carbocycles. The van der Waals surface area contributed by atoms with Gasteiger partial charge in [0.25, 0.3) is 0 Å². The molecule has 0 fully saturated rings. The fourth-order valence-electron chi connectivity index (χ4n) is 2.58. The highest BCUT2D eigenvalue weighted by molar-refractivity contribution is 5.72. The number of carboxylic acid groups (broad SMARTS) is 1. The molecule has 0 saturated heterocycles. The second-order valence-electron chi connectivity index (χ2n) is 5.20. The number of carbonyl (C=O) groups is 1. The number of hydrogen-bond acceptors (Lipinski definition) is 4. The van der Waals surface area contributed by atoms with Crippen LogP contribution in [0.15, 0.2) is 35.1 Å². The number of pyridine rings is 1. The van der Waals surface area contributed by atoms with Crippen molar-refractivity contribution < 1.29 is 14.8 Å². The Kier molecular flexibility index (Phi) is 4.90. The number of aromatic nitrogens is 1. The van der Waals surface area contributed by atoms with Crippen molar-refractivity contribution in [3.63, 3.8) is 0 Å². The number of nitrogens with zero attached hydrogens (tertiary/aromatic N) is 1. The van der Waals surface area contributed by atoms with E-state index in [0.29, 0.717) is 17.7 Å². The molecule has 1 aromatic carbocycles. The average molecular weight is 316 g/mol. The SMILES string of the molecule is Cc1[nH]c(=O)c([N+](=O)[O-])c(CCc2ccccc2)c1CC(=O)O. The number of benzene rings is 1.